The number of benzene rings is 1. The van der Waals surface area contributed by atoms with Crippen molar-refractivity contribution in [3.63, 3.8) is 0 Å². The zero-order chi connectivity index (χ0) is 25.4. The van der Waals surface area contributed by atoms with Gasteiger partial charge in [-0.25, -0.2) is 4.57 Å². The van der Waals surface area contributed by atoms with Gasteiger partial charge in [0, 0.05) is 42.9 Å². The first-order valence-electron chi connectivity index (χ1n) is 13.2. The van der Waals surface area contributed by atoms with Gasteiger partial charge in [-0.15, -0.1) is 0 Å². The highest BCUT2D eigenvalue weighted by molar-refractivity contribution is 7.86. The minimum Gasteiger partial charge on any atom is -0.372 e. The molecular formula is C29H43N2O3S+. The summed E-state index contributed by atoms with van der Waals surface area (Å²) in [6.07, 6.45) is 14.7. The van der Waals surface area contributed by atoms with Gasteiger partial charge in [0.05, 0.1) is 0 Å². The summed E-state index contributed by atoms with van der Waals surface area (Å²) >= 11 is 0. The Balaban J connectivity index is 2.01. The van der Waals surface area contributed by atoms with Gasteiger partial charge in [0.1, 0.15) is 11.8 Å². The van der Waals surface area contributed by atoms with Gasteiger partial charge in [-0.05, 0) is 43.5 Å². The monoisotopic (exact) mass is 499 g/mol. The van der Waals surface area contributed by atoms with Gasteiger partial charge >= 0.3 is 0 Å². The van der Waals surface area contributed by atoms with E-state index in [1.54, 1.807) is 0 Å². The lowest BCUT2D eigenvalue weighted by Gasteiger charge is -2.25. The van der Waals surface area contributed by atoms with Crippen LogP contribution < -0.4 is 9.47 Å². The van der Waals surface area contributed by atoms with Crippen LogP contribution in [-0.2, 0) is 16.7 Å². The van der Waals surface area contributed by atoms with E-state index in [0.29, 0.717) is 13.0 Å². The lowest BCUT2D eigenvalue weighted by molar-refractivity contribution is -0.697. The number of aromatic nitrogens is 1. The van der Waals surface area contributed by atoms with Crippen molar-refractivity contribution in [1.82, 2.24) is 0 Å². The van der Waals surface area contributed by atoms with Crippen molar-refractivity contribution in [2.75, 3.05) is 18.0 Å². The molecule has 0 amide bonds. The molecule has 0 fully saturated rings. The molecule has 5 nitrogen and oxygen atoms in total. The molecule has 1 aromatic carbocycles. The van der Waals surface area contributed by atoms with Crippen molar-refractivity contribution >= 4 is 15.8 Å². The number of nitrogens with zero attached hydrogens (tertiary/aromatic N) is 2. The fourth-order valence-electron chi connectivity index (χ4n) is 4.09. The van der Waals surface area contributed by atoms with Crippen molar-refractivity contribution in [1.29, 1.82) is 0 Å². The molecule has 35 heavy (non-hydrogen) atoms. The first kappa shape index (κ1) is 28.9. The molecule has 2 rings (SSSR count). The summed E-state index contributed by atoms with van der Waals surface area (Å²) in [6, 6.07) is 13.9. The van der Waals surface area contributed by atoms with Gasteiger partial charge in [-0.3, -0.25) is 4.55 Å². The van der Waals surface area contributed by atoms with Gasteiger partial charge in [0.15, 0.2) is 12.4 Å². The largest absolute Gasteiger partial charge is 0.372 e. The molecule has 0 radical (unpaired) electrons. The van der Waals surface area contributed by atoms with Crippen LogP contribution in [0.5, 0.6) is 0 Å². The molecule has 1 N–H and O–H groups in total. The fourth-order valence-corrected chi connectivity index (χ4v) is 4.76. The van der Waals surface area contributed by atoms with Crippen molar-refractivity contribution in [2.45, 2.75) is 89.9 Å². The van der Waals surface area contributed by atoms with Crippen LogP contribution in [-0.4, -0.2) is 31.3 Å². The standard InChI is InChI=1S/C29H42N2O3S/c1-3-5-7-12-25-31(26-13-8-6-4-2)28-19-16-27(17-20-28)18-21-29(35(32,33)34)15-14-24-30-22-10-9-11-23-30/h9-11,16-17,19-20,22-23,29H,3-8,12-15,24-26H2,1-2H3/p+1. The number of pyridine rings is 1. The average molecular weight is 500 g/mol. The summed E-state index contributed by atoms with van der Waals surface area (Å²) in [4.78, 5) is 2.46. The number of anilines is 1. The first-order valence-corrected chi connectivity index (χ1v) is 14.7. The molecule has 0 aliphatic carbocycles. The van der Waals surface area contributed by atoms with E-state index >= 15 is 0 Å². The summed E-state index contributed by atoms with van der Waals surface area (Å²) in [5.41, 5.74) is 1.95. The molecule has 0 saturated carbocycles. The Hall–Kier alpha value is -2.36. The van der Waals surface area contributed by atoms with Crippen molar-refractivity contribution < 1.29 is 17.5 Å². The van der Waals surface area contributed by atoms with Crippen molar-refractivity contribution in [3.05, 3.63) is 60.4 Å². The third-order valence-electron chi connectivity index (χ3n) is 6.19. The van der Waals surface area contributed by atoms with Crippen LogP contribution in [0.25, 0.3) is 0 Å². The maximum atomic E-state index is 11.9. The van der Waals surface area contributed by atoms with Gasteiger partial charge in [0.2, 0.25) is 0 Å². The minimum atomic E-state index is -4.23. The predicted molar refractivity (Wildman–Crippen MR) is 145 cm³/mol. The molecule has 6 heteroatoms. The van der Waals surface area contributed by atoms with Gasteiger partial charge in [-0.2, -0.15) is 8.42 Å². The van der Waals surface area contributed by atoms with Crippen LogP contribution in [0.4, 0.5) is 5.69 Å². The van der Waals surface area contributed by atoms with Crippen LogP contribution in [0.1, 0.15) is 83.6 Å². The van der Waals surface area contributed by atoms with Gasteiger partial charge in [-0.1, -0.05) is 70.3 Å². The highest BCUT2D eigenvalue weighted by atomic mass is 32.2. The van der Waals surface area contributed by atoms with Crippen LogP contribution in [0.15, 0.2) is 54.9 Å². The predicted octanol–water partition coefficient (Wildman–Crippen LogP) is 6.03. The van der Waals surface area contributed by atoms with E-state index < -0.39 is 15.4 Å². The Morgan fingerprint density at radius 3 is 2.00 bits per heavy atom. The Morgan fingerprint density at radius 1 is 0.857 bits per heavy atom. The topological polar surface area (TPSA) is 61.5 Å². The molecule has 2 aromatic rings. The molecule has 0 aliphatic heterocycles. The maximum Gasteiger partial charge on any atom is 0.279 e. The van der Waals surface area contributed by atoms with E-state index in [-0.39, 0.29) is 6.42 Å². The van der Waals surface area contributed by atoms with Crippen LogP contribution >= 0.6 is 0 Å². The molecule has 1 heterocycles. The van der Waals surface area contributed by atoms with Crippen LogP contribution in [0.2, 0.25) is 0 Å². The third-order valence-corrected chi connectivity index (χ3v) is 7.27. The quantitative estimate of drug-likeness (QED) is 0.133. The lowest BCUT2D eigenvalue weighted by Crippen LogP contribution is -2.33. The Labute approximate surface area is 213 Å². The van der Waals surface area contributed by atoms with Crippen molar-refractivity contribution in [3.8, 4) is 11.8 Å². The van der Waals surface area contributed by atoms with E-state index in [0.717, 1.165) is 18.7 Å². The Morgan fingerprint density at radius 2 is 1.46 bits per heavy atom. The molecule has 0 saturated heterocycles. The second-order valence-corrected chi connectivity index (χ2v) is 10.8. The first-order chi connectivity index (χ1) is 16.9. The molecular weight excluding hydrogens is 456 g/mol. The number of unbranched alkanes of at least 4 members (excludes halogenated alkanes) is 6. The zero-order valence-electron chi connectivity index (χ0n) is 21.5. The number of aryl methyl sites for hydroxylation is 1. The second kappa shape index (κ2) is 16.3. The SMILES string of the molecule is CCCCCCN(CCCCCC)c1ccc(C#CC(CCC[n+]2ccccc2)S(=O)(=O)O)cc1. The second-order valence-electron chi connectivity index (χ2n) is 9.18. The number of hydrogen-bond acceptors (Lipinski definition) is 3. The molecule has 0 spiro atoms. The maximum absolute atomic E-state index is 11.9. The lowest BCUT2D eigenvalue weighted by atomic mass is 10.1. The smallest absolute Gasteiger partial charge is 0.279 e. The van der Waals surface area contributed by atoms with E-state index in [4.69, 9.17) is 0 Å². The average Bonchev–Trinajstić information content (AvgIpc) is 2.85. The molecule has 1 aromatic heterocycles. The summed E-state index contributed by atoms with van der Waals surface area (Å²) in [7, 11) is -4.23. The van der Waals surface area contributed by atoms with Crippen LogP contribution in [0, 0.1) is 11.8 Å². The Bertz CT molecular complexity index is 984. The highest BCUT2D eigenvalue weighted by Gasteiger charge is 2.21. The van der Waals surface area contributed by atoms with Crippen molar-refractivity contribution in [2.24, 2.45) is 0 Å². The van der Waals surface area contributed by atoms with E-state index in [1.165, 1.54) is 57.1 Å². The summed E-state index contributed by atoms with van der Waals surface area (Å²) < 4.78 is 35.4. The molecule has 0 bridgehead atoms. The number of rotatable bonds is 16. The minimum absolute atomic E-state index is 0.287. The fraction of sp³-hybridized carbons (Fsp3) is 0.552. The summed E-state index contributed by atoms with van der Waals surface area (Å²) in [5.74, 6) is 5.77. The van der Waals surface area contributed by atoms with E-state index in [9.17, 15) is 13.0 Å². The third kappa shape index (κ3) is 11.7. The molecule has 0 aliphatic rings. The highest BCUT2D eigenvalue weighted by Crippen LogP contribution is 2.18. The zero-order valence-corrected chi connectivity index (χ0v) is 22.3. The van der Waals surface area contributed by atoms with E-state index in [2.05, 4.69) is 42.7 Å². The van der Waals surface area contributed by atoms with Gasteiger partial charge in [0.25, 0.3) is 10.1 Å². The van der Waals surface area contributed by atoms with Gasteiger partial charge < -0.3 is 4.90 Å². The number of hydrogen-bond donors (Lipinski definition) is 1. The molecule has 192 valence electrons. The molecule has 1 unspecified atom stereocenters. The summed E-state index contributed by atoms with van der Waals surface area (Å²) in [5, 5.41) is -1.08. The van der Waals surface area contributed by atoms with Crippen LogP contribution in [0.3, 0.4) is 0 Å². The molecule has 1 atom stereocenters. The summed E-state index contributed by atoms with van der Waals surface area (Å²) in [6.45, 7) is 7.26. The Kier molecular flexibility index (Phi) is 13.5. The van der Waals surface area contributed by atoms with E-state index in [1.807, 2.05) is 47.3 Å². The normalized spacial score (nSPS) is 12.1.